The Hall–Kier alpha value is -4.02. The number of aromatic nitrogens is 3. The first kappa shape index (κ1) is 23.7. The third kappa shape index (κ3) is 5.61. The van der Waals surface area contributed by atoms with E-state index in [1.807, 2.05) is 6.07 Å². The smallest absolute Gasteiger partial charge is 0.276 e. The summed E-state index contributed by atoms with van der Waals surface area (Å²) in [5.74, 6) is 1.36. The lowest BCUT2D eigenvalue weighted by Gasteiger charge is -2.34. The SMILES string of the molecule is COc1ccc(NC(=O)c2ccc(N3CCN(Cc4cc(-c5cncc(O)c5)cs4)CC3)nn2)cc1. The molecule has 36 heavy (non-hydrogen) atoms. The number of piperazine rings is 1. The second kappa shape index (κ2) is 10.7. The van der Waals surface area contributed by atoms with Crippen molar-refractivity contribution in [2.75, 3.05) is 43.5 Å². The molecule has 0 spiro atoms. The number of nitrogens with one attached hydrogen (secondary N) is 1. The Morgan fingerprint density at radius 3 is 2.53 bits per heavy atom. The fourth-order valence-corrected chi connectivity index (χ4v) is 4.98. The number of anilines is 2. The molecular formula is C26H26N6O3S. The molecule has 2 N–H and O–H groups in total. The van der Waals surface area contributed by atoms with Gasteiger partial charge in [-0.05, 0) is 59.5 Å². The number of carbonyl (C=O) groups is 1. The molecule has 4 aromatic rings. The van der Waals surface area contributed by atoms with Crippen molar-refractivity contribution >= 4 is 28.7 Å². The zero-order chi connectivity index (χ0) is 24.9. The van der Waals surface area contributed by atoms with Gasteiger partial charge in [0.25, 0.3) is 5.91 Å². The van der Waals surface area contributed by atoms with Crippen LogP contribution in [0, 0.1) is 0 Å². The van der Waals surface area contributed by atoms with Crippen LogP contribution in [0.25, 0.3) is 11.1 Å². The predicted octanol–water partition coefficient (Wildman–Crippen LogP) is 3.89. The maximum atomic E-state index is 12.5. The van der Waals surface area contributed by atoms with E-state index in [-0.39, 0.29) is 17.4 Å². The Morgan fingerprint density at radius 1 is 1.03 bits per heavy atom. The summed E-state index contributed by atoms with van der Waals surface area (Å²) < 4.78 is 5.14. The van der Waals surface area contributed by atoms with Crippen LogP contribution >= 0.6 is 11.3 Å². The summed E-state index contributed by atoms with van der Waals surface area (Å²) in [6.45, 7) is 4.35. The average Bonchev–Trinajstić information content (AvgIpc) is 3.38. The van der Waals surface area contributed by atoms with Gasteiger partial charge in [-0.3, -0.25) is 14.7 Å². The first-order chi connectivity index (χ1) is 17.6. The number of nitrogens with zero attached hydrogens (tertiary/aromatic N) is 5. The van der Waals surface area contributed by atoms with Gasteiger partial charge in [0.05, 0.1) is 13.3 Å². The molecule has 1 aliphatic rings. The number of benzene rings is 1. The highest BCUT2D eigenvalue weighted by Gasteiger charge is 2.20. The zero-order valence-electron chi connectivity index (χ0n) is 19.8. The molecule has 1 amide bonds. The van der Waals surface area contributed by atoms with Crippen LogP contribution in [0.4, 0.5) is 11.5 Å². The Labute approximate surface area is 213 Å². The van der Waals surface area contributed by atoms with Crippen LogP contribution in [-0.4, -0.2) is 64.4 Å². The summed E-state index contributed by atoms with van der Waals surface area (Å²) in [6, 6.07) is 14.6. The number of aromatic hydroxyl groups is 1. The first-order valence-corrected chi connectivity index (χ1v) is 12.4. The van der Waals surface area contributed by atoms with E-state index in [9.17, 15) is 9.90 Å². The molecule has 0 saturated carbocycles. The summed E-state index contributed by atoms with van der Waals surface area (Å²) in [4.78, 5) is 22.4. The van der Waals surface area contributed by atoms with Gasteiger partial charge in [0.1, 0.15) is 11.5 Å². The van der Waals surface area contributed by atoms with Gasteiger partial charge in [-0.15, -0.1) is 21.5 Å². The number of pyridine rings is 1. The number of methoxy groups -OCH3 is 1. The van der Waals surface area contributed by atoms with Gasteiger partial charge in [0.2, 0.25) is 0 Å². The third-order valence-corrected chi connectivity index (χ3v) is 6.94. The standard InChI is InChI=1S/C26H26N6O3S/c1-35-22-4-2-20(3-5-22)28-26(34)24-6-7-25(30-29-24)32-10-8-31(9-11-32)16-23-13-19(17-36-23)18-12-21(33)15-27-14-18/h2-7,12-15,17,33H,8-11,16H2,1H3,(H,28,34). The second-order valence-electron chi connectivity index (χ2n) is 8.46. The van der Waals surface area contributed by atoms with Crippen molar-refractivity contribution < 1.29 is 14.6 Å². The van der Waals surface area contributed by atoms with E-state index in [2.05, 4.69) is 41.7 Å². The van der Waals surface area contributed by atoms with Crippen molar-refractivity contribution in [1.29, 1.82) is 0 Å². The quantitative estimate of drug-likeness (QED) is 0.392. The number of thiophene rings is 1. The number of rotatable bonds is 7. The Balaban J connectivity index is 1.13. The van der Waals surface area contributed by atoms with Crippen molar-refractivity contribution in [1.82, 2.24) is 20.1 Å². The van der Waals surface area contributed by atoms with Gasteiger partial charge >= 0.3 is 0 Å². The van der Waals surface area contributed by atoms with Crippen molar-refractivity contribution in [3.63, 3.8) is 0 Å². The Kier molecular flexibility index (Phi) is 7.06. The fraction of sp³-hybridized carbons (Fsp3) is 0.231. The Bertz CT molecular complexity index is 1320. The monoisotopic (exact) mass is 502 g/mol. The average molecular weight is 503 g/mol. The summed E-state index contributed by atoms with van der Waals surface area (Å²) in [5.41, 5.74) is 2.92. The van der Waals surface area contributed by atoms with Gasteiger partial charge in [-0.2, -0.15) is 0 Å². The molecule has 4 heterocycles. The summed E-state index contributed by atoms with van der Waals surface area (Å²) in [6.07, 6.45) is 3.20. The normalized spacial score (nSPS) is 14.0. The number of hydrogen-bond donors (Lipinski definition) is 2. The number of carbonyl (C=O) groups excluding carboxylic acids is 1. The third-order valence-electron chi connectivity index (χ3n) is 6.02. The van der Waals surface area contributed by atoms with Crippen LogP contribution in [0.2, 0.25) is 0 Å². The van der Waals surface area contributed by atoms with Crippen LogP contribution in [0.1, 0.15) is 15.4 Å². The maximum Gasteiger partial charge on any atom is 0.276 e. The lowest BCUT2D eigenvalue weighted by molar-refractivity contribution is 0.102. The predicted molar refractivity (Wildman–Crippen MR) is 140 cm³/mol. The molecule has 3 aromatic heterocycles. The summed E-state index contributed by atoms with van der Waals surface area (Å²) in [7, 11) is 1.60. The van der Waals surface area contributed by atoms with Gasteiger partial charge in [-0.25, -0.2) is 0 Å². The van der Waals surface area contributed by atoms with E-state index >= 15 is 0 Å². The highest BCUT2D eigenvalue weighted by Crippen LogP contribution is 2.28. The van der Waals surface area contributed by atoms with Gasteiger partial charge in [0.15, 0.2) is 11.5 Å². The summed E-state index contributed by atoms with van der Waals surface area (Å²) >= 11 is 1.72. The van der Waals surface area contributed by atoms with Crippen LogP contribution in [0.5, 0.6) is 11.5 Å². The molecule has 1 fully saturated rings. The lowest BCUT2D eigenvalue weighted by atomic mass is 10.1. The molecule has 5 rings (SSSR count). The molecule has 1 aromatic carbocycles. The Morgan fingerprint density at radius 2 is 1.83 bits per heavy atom. The van der Waals surface area contributed by atoms with Crippen molar-refractivity contribution in [3.05, 3.63) is 76.9 Å². The number of amides is 1. The molecular weight excluding hydrogens is 476 g/mol. The minimum Gasteiger partial charge on any atom is -0.506 e. The zero-order valence-corrected chi connectivity index (χ0v) is 20.6. The topological polar surface area (TPSA) is 104 Å². The van der Waals surface area contributed by atoms with E-state index in [0.29, 0.717) is 5.69 Å². The maximum absolute atomic E-state index is 12.5. The van der Waals surface area contributed by atoms with Gasteiger partial charge in [0, 0.05) is 55.0 Å². The second-order valence-corrected chi connectivity index (χ2v) is 9.45. The van der Waals surface area contributed by atoms with E-state index in [1.165, 1.54) is 11.1 Å². The molecule has 0 radical (unpaired) electrons. The van der Waals surface area contributed by atoms with Crippen LogP contribution in [-0.2, 0) is 6.54 Å². The molecule has 184 valence electrons. The molecule has 0 bridgehead atoms. The molecule has 1 aliphatic heterocycles. The minimum absolute atomic E-state index is 0.172. The molecule has 0 unspecified atom stereocenters. The van der Waals surface area contributed by atoms with E-state index in [4.69, 9.17) is 4.74 Å². The molecule has 1 saturated heterocycles. The van der Waals surface area contributed by atoms with Crippen LogP contribution in [0.3, 0.4) is 0 Å². The fourth-order valence-electron chi connectivity index (χ4n) is 4.04. The highest BCUT2D eigenvalue weighted by atomic mass is 32.1. The minimum atomic E-state index is -0.305. The van der Waals surface area contributed by atoms with E-state index in [0.717, 1.165) is 55.4 Å². The molecule has 0 aliphatic carbocycles. The molecule has 10 heteroatoms. The van der Waals surface area contributed by atoms with E-state index in [1.54, 1.807) is 61.0 Å². The number of hydrogen-bond acceptors (Lipinski definition) is 9. The van der Waals surface area contributed by atoms with Gasteiger partial charge < -0.3 is 20.1 Å². The lowest BCUT2D eigenvalue weighted by Crippen LogP contribution is -2.46. The first-order valence-electron chi connectivity index (χ1n) is 11.6. The summed E-state index contributed by atoms with van der Waals surface area (Å²) in [5, 5.41) is 23.0. The largest absolute Gasteiger partial charge is 0.506 e. The molecule has 0 atom stereocenters. The van der Waals surface area contributed by atoms with E-state index < -0.39 is 0 Å². The van der Waals surface area contributed by atoms with Crippen molar-refractivity contribution in [2.24, 2.45) is 0 Å². The number of ether oxygens (including phenoxy) is 1. The van der Waals surface area contributed by atoms with Crippen molar-refractivity contribution in [2.45, 2.75) is 6.54 Å². The van der Waals surface area contributed by atoms with Crippen LogP contribution in [0.15, 0.2) is 66.3 Å². The van der Waals surface area contributed by atoms with Gasteiger partial charge in [-0.1, -0.05) is 0 Å². The van der Waals surface area contributed by atoms with Crippen molar-refractivity contribution in [3.8, 4) is 22.6 Å². The highest BCUT2D eigenvalue weighted by molar-refractivity contribution is 7.10. The van der Waals surface area contributed by atoms with Crippen LogP contribution < -0.4 is 15.0 Å². The molecule has 9 nitrogen and oxygen atoms in total.